The van der Waals surface area contributed by atoms with Gasteiger partial charge < -0.3 is 9.47 Å². The van der Waals surface area contributed by atoms with E-state index in [1.54, 1.807) is 0 Å². The minimum Gasteiger partial charge on any atom is -0.460 e. The van der Waals surface area contributed by atoms with Gasteiger partial charge in [0.15, 0.2) is 0 Å². The predicted molar refractivity (Wildman–Crippen MR) is 102 cm³/mol. The molecule has 12 heteroatoms. The van der Waals surface area contributed by atoms with Gasteiger partial charge in [-0.3, -0.25) is 9.59 Å². The lowest BCUT2D eigenvalue weighted by atomic mass is 10.1. The lowest BCUT2D eigenvalue weighted by molar-refractivity contribution is -0.156. The summed E-state index contributed by atoms with van der Waals surface area (Å²) >= 11 is 5.92. The lowest BCUT2D eigenvalue weighted by Crippen LogP contribution is -2.14. The molecule has 0 aliphatic heterocycles. The van der Waals surface area contributed by atoms with Crippen LogP contribution in [0.25, 0.3) is 0 Å². The maximum atomic E-state index is 12.6. The number of carbonyl (C=O) groups excluding carboxylic acids is 2. The third kappa shape index (κ3) is 7.53. The summed E-state index contributed by atoms with van der Waals surface area (Å²) < 4.78 is 85.7. The maximum Gasteiger partial charge on any atom is 0.416 e. The second-order valence-corrected chi connectivity index (χ2v) is 7.81. The zero-order valence-electron chi connectivity index (χ0n) is 15.2. The molecule has 0 saturated carbocycles. The fraction of sp³-hybridized carbons (Fsp3) is 0.263. The van der Waals surface area contributed by atoms with Gasteiger partial charge in [0.05, 0.1) is 11.1 Å². The molecular formula is C19H12Br2F6O4. The SMILES string of the molecule is O=C(CC(=O)OCc1ccc(C(F)(F)F)cc1Br)OCc1ccc(C(F)(F)F)cc1Br. The molecule has 4 nitrogen and oxygen atoms in total. The monoisotopic (exact) mass is 576 g/mol. The molecular weight excluding hydrogens is 566 g/mol. The van der Waals surface area contributed by atoms with Gasteiger partial charge in [0, 0.05) is 20.1 Å². The van der Waals surface area contributed by atoms with E-state index in [2.05, 4.69) is 31.9 Å². The second-order valence-electron chi connectivity index (χ2n) is 6.11. The topological polar surface area (TPSA) is 52.6 Å². The molecule has 0 amide bonds. The quantitative estimate of drug-likeness (QED) is 0.226. The van der Waals surface area contributed by atoms with Gasteiger partial charge in [-0.15, -0.1) is 0 Å². The van der Waals surface area contributed by atoms with Crippen molar-refractivity contribution < 1.29 is 45.4 Å². The molecule has 0 bridgehead atoms. The molecule has 31 heavy (non-hydrogen) atoms. The number of carbonyl (C=O) groups is 2. The lowest BCUT2D eigenvalue weighted by Gasteiger charge is -2.11. The number of benzene rings is 2. The van der Waals surface area contributed by atoms with Crippen LogP contribution in [0, 0.1) is 0 Å². The van der Waals surface area contributed by atoms with Crippen LogP contribution in [0.2, 0.25) is 0 Å². The Kier molecular flexibility index (Phi) is 8.15. The Morgan fingerprint density at radius 1 is 0.710 bits per heavy atom. The fourth-order valence-corrected chi connectivity index (χ4v) is 3.20. The molecule has 2 aromatic rings. The summed E-state index contributed by atoms with van der Waals surface area (Å²) in [7, 11) is 0. The van der Waals surface area contributed by atoms with E-state index in [9.17, 15) is 35.9 Å². The van der Waals surface area contributed by atoms with Crippen molar-refractivity contribution in [1.29, 1.82) is 0 Å². The van der Waals surface area contributed by atoms with Crippen LogP contribution in [-0.4, -0.2) is 11.9 Å². The molecule has 2 aromatic carbocycles. The standard InChI is InChI=1S/C19H12Br2F6O4/c20-14-5-12(18(22,23)24)3-1-10(14)8-30-16(28)7-17(29)31-9-11-2-4-13(6-15(11)21)19(25,26)27/h1-6H,7-9H2. The number of hydrogen-bond donors (Lipinski definition) is 0. The number of halogens is 8. The van der Waals surface area contributed by atoms with Gasteiger partial charge >= 0.3 is 24.3 Å². The molecule has 0 radical (unpaired) electrons. The van der Waals surface area contributed by atoms with Crippen LogP contribution in [0.5, 0.6) is 0 Å². The summed E-state index contributed by atoms with van der Waals surface area (Å²) in [6.07, 6.45) is -9.83. The van der Waals surface area contributed by atoms with E-state index < -0.39 is 41.8 Å². The second kappa shape index (κ2) is 10.0. The van der Waals surface area contributed by atoms with Crippen molar-refractivity contribution in [3.05, 3.63) is 67.6 Å². The van der Waals surface area contributed by atoms with Gasteiger partial charge in [-0.25, -0.2) is 0 Å². The molecule has 168 valence electrons. The van der Waals surface area contributed by atoms with E-state index in [-0.39, 0.29) is 33.3 Å². The van der Waals surface area contributed by atoms with Gasteiger partial charge in [0.25, 0.3) is 0 Å². The first-order valence-electron chi connectivity index (χ1n) is 8.30. The summed E-state index contributed by atoms with van der Waals surface area (Å²) in [5.74, 6) is -1.97. The van der Waals surface area contributed by atoms with E-state index in [0.29, 0.717) is 0 Å². The highest BCUT2D eigenvalue weighted by atomic mass is 79.9. The Morgan fingerprint density at radius 3 is 1.35 bits per heavy atom. The van der Waals surface area contributed by atoms with Gasteiger partial charge in [0.1, 0.15) is 19.6 Å². The zero-order chi connectivity index (χ0) is 23.4. The van der Waals surface area contributed by atoms with Gasteiger partial charge in [-0.1, -0.05) is 44.0 Å². The minimum atomic E-state index is -4.52. The first kappa shape index (κ1) is 25.2. The van der Waals surface area contributed by atoms with Crippen molar-refractivity contribution in [3.8, 4) is 0 Å². The van der Waals surface area contributed by atoms with E-state index in [1.807, 2.05) is 0 Å². The number of hydrogen-bond acceptors (Lipinski definition) is 4. The first-order chi connectivity index (χ1) is 14.3. The van der Waals surface area contributed by atoms with E-state index in [4.69, 9.17) is 9.47 Å². The highest BCUT2D eigenvalue weighted by molar-refractivity contribution is 9.10. The molecule has 0 aliphatic carbocycles. The Morgan fingerprint density at radius 2 is 1.06 bits per heavy atom. The molecule has 0 spiro atoms. The van der Waals surface area contributed by atoms with Gasteiger partial charge in [0.2, 0.25) is 0 Å². The van der Waals surface area contributed by atoms with Crippen molar-refractivity contribution in [1.82, 2.24) is 0 Å². The van der Waals surface area contributed by atoms with Crippen molar-refractivity contribution in [2.75, 3.05) is 0 Å². The Bertz CT molecular complexity index is 895. The summed E-state index contributed by atoms with van der Waals surface area (Å²) in [5.41, 5.74) is -1.26. The molecule has 2 rings (SSSR count). The molecule has 0 unspecified atom stereocenters. The number of alkyl halides is 6. The van der Waals surface area contributed by atoms with Crippen LogP contribution < -0.4 is 0 Å². The number of rotatable bonds is 6. The normalized spacial score (nSPS) is 11.9. The predicted octanol–water partition coefficient (Wildman–Crippen LogP) is 6.43. The Balaban J connectivity index is 1.85. The van der Waals surface area contributed by atoms with Crippen LogP contribution in [0.4, 0.5) is 26.3 Å². The van der Waals surface area contributed by atoms with Crippen LogP contribution in [0.15, 0.2) is 45.3 Å². The van der Waals surface area contributed by atoms with Crippen LogP contribution in [0.3, 0.4) is 0 Å². The summed E-state index contributed by atoms with van der Waals surface area (Å²) in [4.78, 5) is 23.5. The summed E-state index contributed by atoms with van der Waals surface area (Å²) in [6.45, 7) is -0.759. The van der Waals surface area contributed by atoms with Crippen molar-refractivity contribution >= 4 is 43.8 Å². The van der Waals surface area contributed by atoms with Crippen molar-refractivity contribution in [2.24, 2.45) is 0 Å². The van der Waals surface area contributed by atoms with Crippen LogP contribution in [0.1, 0.15) is 28.7 Å². The largest absolute Gasteiger partial charge is 0.460 e. The van der Waals surface area contributed by atoms with Crippen LogP contribution in [-0.2, 0) is 44.6 Å². The first-order valence-corrected chi connectivity index (χ1v) is 9.88. The molecule has 0 N–H and O–H groups in total. The maximum absolute atomic E-state index is 12.6. The van der Waals surface area contributed by atoms with E-state index in [0.717, 1.165) is 36.4 Å². The van der Waals surface area contributed by atoms with Crippen molar-refractivity contribution in [3.63, 3.8) is 0 Å². The highest BCUT2D eigenvalue weighted by Crippen LogP contribution is 2.33. The average molecular weight is 578 g/mol. The minimum absolute atomic E-state index is 0.0739. The number of esters is 2. The Labute approximate surface area is 188 Å². The van der Waals surface area contributed by atoms with E-state index in [1.165, 1.54) is 0 Å². The van der Waals surface area contributed by atoms with Crippen molar-refractivity contribution in [2.45, 2.75) is 32.0 Å². The van der Waals surface area contributed by atoms with E-state index >= 15 is 0 Å². The fourth-order valence-electron chi connectivity index (χ4n) is 2.22. The summed E-state index contributed by atoms with van der Waals surface area (Å²) in [6, 6.07) is 5.56. The highest BCUT2D eigenvalue weighted by Gasteiger charge is 2.31. The van der Waals surface area contributed by atoms with Crippen LogP contribution >= 0.6 is 31.9 Å². The van der Waals surface area contributed by atoms with Gasteiger partial charge in [-0.2, -0.15) is 26.3 Å². The molecule has 0 aliphatic rings. The molecule has 0 aromatic heterocycles. The molecule has 0 saturated heterocycles. The smallest absolute Gasteiger partial charge is 0.416 e. The van der Waals surface area contributed by atoms with Gasteiger partial charge in [-0.05, 0) is 24.3 Å². The zero-order valence-corrected chi connectivity index (χ0v) is 18.4. The third-order valence-electron chi connectivity index (χ3n) is 3.83. The third-order valence-corrected chi connectivity index (χ3v) is 5.30. The number of ether oxygens (including phenoxy) is 2. The molecule has 0 atom stereocenters. The molecule has 0 fully saturated rings. The Hall–Kier alpha value is -2.08. The summed E-state index contributed by atoms with van der Waals surface area (Å²) in [5, 5.41) is 0. The molecule has 0 heterocycles. The average Bonchev–Trinajstić information content (AvgIpc) is 2.64.